The molecule has 6 nitrogen and oxygen atoms in total. The van der Waals surface area contributed by atoms with Crippen LogP contribution in [0.4, 0.5) is 0 Å². The van der Waals surface area contributed by atoms with Crippen molar-refractivity contribution in [3.8, 4) is 0 Å². The molecule has 92 valence electrons. The minimum Gasteiger partial charge on any atom is -0.476 e. The van der Waals surface area contributed by atoms with Crippen LogP contribution < -0.4 is 11.1 Å². The number of rotatable bonds is 6. The molecule has 0 aliphatic carbocycles. The van der Waals surface area contributed by atoms with Crippen molar-refractivity contribution in [2.45, 2.75) is 19.0 Å². The first-order chi connectivity index (χ1) is 8.04. The van der Waals surface area contributed by atoms with Crippen molar-refractivity contribution in [1.82, 2.24) is 10.3 Å². The van der Waals surface area contributed by atoms with Gasteiger partial charge in [0.25, 0.3) is 0 Å². The van der Waals surface area contributed by atoms with Gasteiger partial charge >= 0.3 is 5.97 Å². The largest absolute Gasteiger partial charge is 0.476 e. The van der Waals surface area contributed by atoms with E-state index in [9.17, 15) is 9.59 Å². The molecule has 4 N–H and O–H groups in total. The van der Waals surface area contributed by atoms with Gasteiger partial charge in [-0.3, -0.25) is 4.79 Å². The maximum absolute atomic E-state index is 11.4. The molecule has 1 rings (SSSR count). The van der Waals surface area contributed by atoms with Gasteiger partial charge in [-0.2, -0.15) is 0 Å². The van der Waals surface area contributed by atoms with E-state index in [-0.39, 0.29) is 18.1 Å². The molecule has 0 aliphatic rings. The summed E-state index contributed by atoms with van der Waals surface area (Å²) in [5.74, 6) is -1.39. The van der Waals surface area contributed by atoms with Gasteiger partial charge < -0.3 is 16.2 Å². The lowest BCUT2D eigenvalue weighted by Gasteiger charge is -2.08. The maximum Gasteiger partial charge on any atom is 0.355 e. The average molecular weight is 255 g/mol. The highest BCUT2D eigenvalue weighted by Gasteiger charge is 2.13. The molecule has 1 atom stereocenters. The Morgan fingerprint density at radius 3 is 2.94 bits per heavy atom. The predicted octanol–water partition coefficient (Wildman–Crippen LogP) is 0.361. The van der Waals surface area contributed by atoms with E-state index in [4.69, 9.17) is 10.8 Å². The second-order valence-corrected chi connectivity index (χ2v) is 4.22. The van der Waals surface area contributed by atoms with Crippen LogP contribution in [0, 0.1) is 0 Å². The number of aromatic nitrogens is 1. The lowest BCUT2D eigenvalue weighted by atomic mass is 10.2. The van der Waals surface area contributed by atoms with E-state index < -0.39 is 12.0 Å². The Morgan fingerprint density at radius 1 is 1.71 bits per heavy atom. The van der Waals surface area contributed by atoms with Crippen molar-refractivity contribution >= 4 is 23.2 Å². The van der Waals surface area contributed by atoms with E-state index in [1.54, 1.807) is 6.08 Å². The Kier molecular flexibility index (Phi) is 4.80. The summed E-state index contributed by atoms with van der Waals surface area (Å²) in [4.78, 5) is 25.8. The smallest absolute Gasteiger partial charge is 0.355 e. The summed E-state index contributed by atoms with van der Waals surface area (Å²) < 4.78 is 0. The zero-order chi connectivity index (χ0) is 12.8. The van der Waals surface area contributed by atoms with E-state index in [0.717, 1.165) is 0 Å². The van der Waals surface area contributed by atoms with Crippen LogP contribution in [0.1, 0.15) is 21.9 Å². The monoisotopic (exact) mass is 255 g/mol. The van der Waals surface area contributed by atoms with Crippen LogP contribution >= 0.6 is 11.3 Å². The van der Waals surface area contributed by atoms with E-state index in [2.05, 4.69) is 16.9 Å². The van der Waals surface area contributed by atoms with E-state index in [0.29, 0.717) is 11.4 Å². The number of hydrogen-bond donors (Lipinski definition) is 3. The van der Waals surface area contributed by atoms with Gasteiger partial charge in [-0.1, -0.05) is 6.08 Å². The minimum atomic E-state index is -1.08. The van der Waals surface area contributed by atoms with Crippen molar-refractivity contribution in [2.24, 2.45) is 5.73 Å². The molecule has 1 aromatic rings. The van der Waals surface area contributed by atoms with Crippen molar-refractivity contribution in [2.75, 3.05) is 0 Å². The topological polar surface area (TPSA) is 105 Å². The molecule has 0 saturated heterocycles. The number of hydrogen-bond acceptors (Lipinski definition) is 5. The van der Waals surface area contributed by atoms with Gasteiger partial charge in [0.15, 0.2) is 5.69 Å². The fraction of sp³-hybridized carbons (Fsp3) is 0.300. The Labute approximate surface area is 102 Å². The molecule has 0 bridgehead atoms. The van der Waals surface area contributed by atoms with Gasteiger partial charge in [-0.15, -0.1) is 17.9 Å². The molecule has 1 aromatic heterocycles. The molecule has 7 heteroatoms. The Balaban J connectivity index is 2.47. The van der Waals surface area contributed by atoms with E-state index in [1.165, 1.54) is 16.7 Å². The van der Waals surface area contributed by atoms with Crippen LogP contribution in [0.15, 0.2) is 18.0 Å². The van der Waals surface area contributed by atoms with Crippen LogP contribution in [0.25, 0.3) is 0 Å². The molecule has 17 heavy (non-hydrogen) atoms. The first-order valence-electron chi connectivity index (χ1n) is 4.86. The van der Waals surface area contributed by atoms with Crippen molar-refractivity contribution in [3.63, 3.8) is 0 Å². The first kappa shape index (κ1) is 13.3. The van der Waals surface area contributed by atoms with Crippen molar-refractivity contribution < 1.29 is 14.7 Å². The van der Waals surface area contributed by atoms with Gasteiger partial charge in [-0.25, -0.2) is 9.78 Å². The molecule has 0 radical (unpaired) electrons. The normalized spacial score (nSPS) is 11.8. The SMILES string of the molecule is C=CCC(N)C(=O)NCc1nc(C(=O)O)cs1. The minimum absolute atomic E-state index is 0.0189. The van der Waals surface area contributed by atoms with Crippen LogP contribution in [-0.4, -0.2) is 28.0 Å². The number of carbonyl (C=O) groups excluding carboxylic acids is 1. The average Bonchev–Trinajstić information content (AvgIpc) is 2.75. The Hall–Kier alpha value is -1.73. The zero-order valence-electron chi connectivity index (χ0n) is 9.05. The number of carboxylic acid groups (broad SMARTS) is 1. The molecule has 0 fully saturated rings. The molecular weight excluding hydrogens is 242 g/mol. The summed E-state index contributed by atoms with van der Waals surface area (Å²) in [5, 5.41) is 13.2. The summed E-state index contributed by atoms with van der Waals surface area (Å²) in [6, 6.07) is -0.633. The Bertz CT molecular complexity index is 430. The summed E-state index contributed by atoms with van der Waals surface area (Å²) >= 11 is 1.18. The number of aromatic carboxylic acids is 1. The van der Waals surface area contributed by atoms with Gasteiger partial charge in [-0.05, 0) is 6.42 Å². The summed E-state index contributed by atoms with van der Waals surface area (Å²) in [6.45, 7) is 3.67. The van der Waals surface area contributed by atoms with E-state index >= 15 is 0 Å². The number of amides is 1. The third kappa shape index (κ3) is 3.97. The Morgan fingerprint density at radius 2 is 2.41 bits per heavy atom. The van der Waals surface area contributed by atoms with E-state index in [1.807, 2.05) is 0 Å². The van der Waals surface area contributed by atoms with Crippen molar-refractivity contribution in [1.29, 1.82) is 0 Å². The number of carboxylic acids is 1. The van der Waals surface area contributed by atoms with Crippen LogP contribution in [0.5, 0.6) is 0 Å². The molecule has 1 heterocycles. The molecule has 0 aliphatic heterocycles. The van der Waals surface area contributed by atoms with Crippen LogP contribution in [0.3, 0.4) is 0 Å². The molecule has 0 spiro atoms. The standard InChI is InChI=1S/C10H13N3O3S/c1-2-3-6(11)9(14)12-4-8-13-7(5-17-8)10(15)16/h2,5-6H,1,3-4,11H2,(H,12,14)(H,15,16). The maximum atomic E-state index is 11.4. The molecule has 0 saturated carbocycles. The quantitative estimate of drug-likeness (QED) is 0.636. The lowest BCUT2D eigenvalue weighted by molar-refractivity contribution is -0.122. The summed E-state index contributed by atoms with van der Waals surface area (Å²) in [6.07, 6.45) is 1.96. The highest BCUT2D eigenvalue weighted by molar-refractivity contribution is 7.09. The number of nitrogens with zero attached hydrogens (tertiary/aromatic N) is 1. The van der Waals surface area contributed by atoms with Crippen molar-refractivity contribution in [3.05, 3.63) is 28.7 Å². The fourth-order valence-electron chi connectivity index (χ4n) is 1.07. The molecule has 1 unspecified atom stereocenters. The second kappa shape index (κ2) is 6.12. The van der Waals surface area contributed by atoms with Crippen LogP contribution in [0.2, 0.25) is 0 Å². The van der Waals surface area contributed by atoms with Gasteiger partial charge in [0.05, 0.1) is 12.6 Å². The zero-order valence-corrected chi connectivity index (χ0v) is 9.87. The third-order valence-electron chi connectivity index (χ3n) is 1.94. The summed E-state index contributed by atoms with van der Waals surface area (Å²) in [7, 11) is 0. The lowest BCUT2D eigenvalue weighted by Crippen LogP contribution is -2.39. The summed E-state index contributed by atoms with van der Waals surface area (Å²) in [5.41, 5.74) is 5.53. The molecule has 0 aromatic carbocycles. The number of thiazole rings is 1. The van der Waals surface area contributed by atoms with Gasteiger partial charge in [0, 0.05) is 5.38 Å². The highest BCUT2D eigenvalue weighted by atomic mass is 32.1. The molecular formula is C10H13N3O3S. The highest BCUT2D eigenvalue weighted by Crippen LogP contribution is 2.09. The van der Waals surface area contributed by atoms with Crippen LogP contribution in [-0.2, 0) is 11.3 Å². The number of nitrogens with two attached hydrogens (primary N) is 1. The third-order valence-corrected chi connectivity index (χ3v) is 2.79. The first-order valence-corrected chi connectivity index (χ1v) is 5.74. The van der Waals surface area contributed by atoms with Gasteiger partial charge in [0.1, 0.15) is 5.01 Å². The fourth-order valence-corrected chi connectivity index (χ4v) is 1.78. The second-order valence-electron chi connectivity index (χ2n) is 3.28. The number of nitrogens with one attached hydrogen (secondary N) is 1. The number of carbonyl (C=O) groups is 2. The molecule has 1 amide bonds. The predicted molar refractivity (Wildman–Crippen MR) is 63.7 cm³/mol. The van der Waals surface area contributed by atoms with Gasteiger partial charge in [0.2, 0.25) is 5.91 Å².